The maximum atomic E-state index is 12.6. The molecule has 2 aromatic carbocycles. The summed E-state index contributed by atoms with van der Waals surface area (Å²) in [4.78, 5) is 25.1. The fourth-order valence-corrected chi connectivity index (χ4v) is 3.79. The highest BCUT2D eigenvalue weighted by atomic mass is 16.6. The zero-order chi connectivity index (χ0) is 24.2. The van der Waals surface area contributed by atoms with Gasteiger partial charge in [-0.2, -0.15) is 0 Å². The van der Waals surface area contributed by atoms with Crippen LogP contribution >= 0.6 is 0 Å². The summed E-state index contributed by atoms with van der Waals surface area (Å²) in [5.74, 6) is -7.56. The van der Waals surface area contributed by atoms with Crippen LogP contribution in [0, 0.1) is 0 Å². The maximum absolute atomic E-state index is 12.6. The van der Waals surface area contributed by atoms with Crippen molar-refractivity contribution in [1.29, 1.82) is 0 Å². The van der Waals surface area contributed by atoms with Crippen molar-refractivity contribution in [2.75, 3.05) is 6.61 Å². The molecule has 0 spiro atoms. The number of aliphatic hydroxyl groups excluding tert-OH is 2. The van der Waals surface area contributed by atoms with Crippen molar-refractivity contribution in [3.8, 4) is 34.5 Å². The summed E-state index contributed by atoms with van der Waals surface area (Å²) < 4.78 is 16.0. The van der Waals surface area contributed by atoms with Crippen LogP contribution in [0.15, 0.2) is 18.2 Å². The minimum absolute atomic E-state index is 0.321. The highest BCUT2D eigenvalue weighted by Gasteiger charge is 2.54. The van der Waals surface area contributed by atoms with Gasteiger partial charge in [-0.15, -0.1) is 0 Å². The molecule has 0 bridgehead atoms. The number of aromatic hydroxyl groups is 6. The van der Waals surface area contributed by atoms with E-state index in [0.29, 0.717) is 0 Å². The van der Waals surface area contributed by atoms with E-state index in [9.17, 15) is 50.4 Å². The Morgan fingerprint density at radius 1 is 0.939 bits per heavy atom. The SMILES string of the molecule is O=C(O[C@@H]1[C@@H](O)[C@@H](CO)O[C@H]2c3c(cc(O)c(O)c3O)C(=O)O[C@H]12)c1cc(O)c(O)c(O)c1. The summed E-state index contributed by atoms with van der Waals surface area (Å²) in [6, 6.07) is 2.38. The first-order valence-corrected chi connectivity index (χ1v) is 9.44. The zero-order valence-corrected chi connectivity index (χ0v) is 16.4. The number of aliphatic hydroxyl groups is 2. The van der Waals surface area contributed by atoms with Gasteiger partial charge in [-0.3, -0.25) is 0 Å². The van der Waals surface area contributed by atoms with E-state index in [1.807, 2.05) is 0 Å². The molecule has 2 aromatic rings. The number of hydrogen-bond acceptors (Lipinski definition) is 13. The standard InChI is InChI=1S/C20H18O13/c21-4-10-14(27)17(32-19(29)5-1-7(22)12(25)8(23)2-5)18-16(31-10)11-6(20(30)33-18)3-9(24)13(26)15(11)28/h1-3,10,14,16-18,21-28H,4H2/t10-,14+,16+,17-,18+/m1/s1. The summed E-state index contributed by atoms with van der Waals surface area (Å²) in [6.45, 7) is -0.784. The van der Waals surface area contributed by atoms with Crippen molar-refractivity contribution in [2.45, 2.75) is 30.5 Å². The Bertz CT molecular complexity index is 1120. The molecule has 8 N–H and O–H groups in total. The number of phenolic OH excluding ortho intramolecular Hbond substituents is 6. The van der Waals surface area contributed by atoms with E-state index in [4.69, 9.17) is 14.2 Å². The van der Waals surface area contributed by atoms with Crippen LogP contribution < -0.4 is 0 Å². The predicted molar refractivity (Wildman–Crippen MR) is 102 cm³/mol. The molecule has 0 aromatic heterocycles. The second kappa shape index (κ2) is 7.88. The van der Waals surface area contributed by atoms with Crippen molar-refractivity contribution in [2.24, 2.45) is 0 Å². The third-order valence-corrected chi connectivity index (χ3v) is 5.43. The van der Waals surface area contributed by atoms with Gasteiger partial charge in [0.25, 0.3) is 0 Å². The van der Waals surface area contributed by atoms with Crippen LogP contribution in [0.2, 0.25) is 0 Å². The Hall–Kier alpha value is -3.94. The molecule has 0 unspecified atom stereocenters. The Balaban J connectivity index is 1.74. The first kappa shape index (κ1) is 22.3. The lowest BCUT2D eigenvalue weighted by atomic mass is 9.86. The average Bonchev–Trinajstić information content (AvgIpc) is 2.77. The van der Waals surface area contributed by atoms with Gasteiger partial charge >= 0.3 is 11.9 Å². The van der Waals surface area contributed by atoms with Gasteiger partial charge in [0, 0.05) is 5.56 Å². The molecule has 13 nitrogen and oxygen atoms in total. The van der Waals surface area contributed by atoms with Crippen LogP contribution in [0.3, 0.4) is 0 Å². The minimum Gasteiger partial charge on any atom is -0.504 e. The first-order valence-electron chi connectivity index (χ1n) is 9.44. The van der Waals surface area contributed by atoms with Crippen LogP contribution in [0.25, 0.3) is 0 Å². The maximum Gasteiger partial charge on any atom is 0.339 e. The molecular weight excluding hydrogens is 448 g/mol. The van der Waals surface area contributed by atoms with Crippen molar-refractivity contribution >= 4 is 11.9 Å². The molecule has 2 heterocycles. The lowest BCUT2D eigenvalue weighted by molar-refractivity contribution is -0.235. The van der Waals surface area contributed by atoms with Gasteiger partial charge in [-0.1, -0.05) is 0 Å². The Kier molecular flexibility index (Phi) is 5.32. The molecule has 176 valence electrons. The summed E-state index contributed by atoms with van der Waals surface area (Å²) in [6.07, 6.45) is -7.82. The normalized spacial score (nSPS) is 26.1. The molecule has 0 saturated carbocycles. The summed E-state index contributed by atoms with van der Waals surface area (Å²) in [5.41, 5.74) is -1.13. The fourth-order valence-electron chi connectivity index (χ4n) is 3.79. The van der Waals surface area contributed by atoms with Gasteiger partial charge in [0.05, 0.1) is 17.7 Å². The molecule has 1 fully saturated rings. The molecule has 2 aliphatic heterocycles. The van der Waals surface area contributed by atoms with Gasteiger partial charge in [-0.05, 0) is 18.2 Å². The van der Waals surface area contributed by atoms with Gasteiger partial charge in [0.15, 0.2) is 41.0 Å². The Morgan fingerprint density at radius 2 is 1.55 bits per heavy atom. The minimum atomic E-state index is -1.73. The molecule has 0 aliphatic carbocycles. The number of phenols is 6. The molecule has 4 rings (SSSR count). The van der Waals surface area contributed by atoms with Crippen LogP contribution in [0.4, 0.5) is 0 Å². The van der Waals surface area contributed by atoms with Gasteiger partial charge < -0.3 is 55.1 Å². The Labute approximate surface area is 183 Å². The smallest absolute Gasteiger partial charge is 0.339 e. The third kappa shape index (κ3) is 3.47. The highest BCUT2D eigenvalue weighted by molar-refractivity contribution is 5.95. The van der Waals surface area contributed by atoms with Gasteiger partial charge in [0.2, 0.25) is 5.75 Å². The number of hydrogen-bond donors (Lipinski definition) is 8. The number of benzene rings is 2. The summed E-state index contributed by atoms with van der Waals surface area (Å²) in [5, 5.41) is 78.8. The van der Waals surface area contributed by atoms with Crippen molar-refractivity contribution < 1.29 is 64.7 Å². The van der Waals surface area contributed by atoms with E-state index < -0.39 is 89.1 Å². The number of fused-ring (bicyclic) bond motifs is 3. The average molecular weight is 466 g/mol. The van der Waals surface area contributed by atoms with Crippen molar-refractivity contribution in [3.63, 3.8) is 0 Å². The molecule has 33 heavy (non-hydrogen) atoms. The lowest BCUT2D eigenvalue weighted by Crippen LogP contribution is -2.59. The highest BCUT2D eigenvalue weighted by Crippen LogP contribution is 2.50. The molecule has 0 radical (unpaired) electrons. The summed E-state index contributed by atoms with van der Waals surface area (Å²) >= 11 is 0. The molecular formula is C20H18O13. The van der Waals surface area contributed by atoms with Crippen LogP contribution in [-0.2, 0) is 14.2 Å². The molecule has 1 saturated heterocycles. The van der Waals surface area contributed by atoms with Crippen LogP contribution in [0.5, 0.6) is 34.5 Å². The van der Waals surface area contributed by atoms with Crippen molar-refractivity contribution in [1.82, 2.24) is 0 Å². The molecule has 5 atom stereocenters. The lowest BCUT2D eigenvalue weighted by Gasteiger charge is -2.45. The van der Waals surface area contributed by atoms with Crippen LogP contribution in [-0.4, -0.2) is 83.8 Å². The molecule has 2 aliphatic rings. The largest absolute Gasteiger partial charge is 0.504 e. The van der Waals surface area contributed by atoms with E-state index >= 15 is 0 Å². The number of esters is 2. The molecule has 13 heteroatoms. The predicted octanol–water partition coefficient (Wildman–Crippen LogP) is -0.522. The van der Waals surface area contributed by atoms with E-state index in [1.165, 1.54) is 0 Å². The third-order valence-electron chi connectivity index (χ3n) is 5.43. The zero-order valence-electron chi connectivity index (χ0n) is 16.4. The number of ether oxygens (including phenoxy) is 3. The quantitative estimate of drug-likeness (QED) is 0.211. The fraction of sp³-hybridized carbons (Fsp3) is 0.300. The number of carbonyl (C=O) groups excluding carboxylic acids is 2. The molecule has 0 amide bonds. The number of rotatable bonds is 3. The topological polar surface area (TPSA) is 224 Å². The second-order valence-electron chi connectivity index (χ2n) is 7.43. The van der Waals surface area contributed by atoms with Crippen molar-refractivity contribution in [3.05, 3.63) is 34.9 Å². The number of carbonyl (C=O) groups is 2. The van der Waals surface area contributed by atoms with E-state index in [-0.39, 0.29) is 11.1 Å². The first-order chi connectivity index (χ1) is 15.5. The Morgan fingerprint density at radius 3 is 2.15 bits per heavy atom. The van der Waals surface area contributed by atoms with E-state index in [2.05, 4.69) is 0 Å². The van der Waals surface area contributed by atoms with E-state index in [1.54, 1.807) is 0 Å². The summed E-state index contributed by atoms with van der Waals surface area (Å²) in [7, 11) is 0. The van der Waals surface area contributed by atoms with Gasteiger partial charge in [0.1, 0.15) is 18.3 Å². The van der Waals surface area contributed by atoms with Crippen LogP contribution in [0.1, 0.15) is 32.4 Å². The second-order valence-corrected chi connectivity index (χ2v) is 7.43. The van der Waals surface area contributed by atoms with E-state index in [0.717, 1.165) is 18.2 Å². The van der Waals surface area contributed by atoms with Gasteiger partial charge in [-0.25, -0.2) is 9.59 Å². The monoisotopic (exact) mass is 466 g/mol.